The summed E-state index contributed by atoms with van der Waals surface area (Å²) in [5.74, 6) is -1.10. The highest BCUT2D eigenvalue weighted by atomic mass is 19.1. The zero-order valence-electron chi connectivity index (χ0n) is 20.0. The van der Waals surface area contributed by atoms with E-state index >= 15 is 0 Å². The molecule has 0 saturated heterocycles. The Bertz CT molecular complexity index is 1330. The number of nitrogens with two attached hydrogens (primary N) is 1. The van der Waals surface area contributed by atoms with Gasteiger partial charge in [-0.3, -0.25) is 4.79 Å². The van der Waals surface area contributed by atoms with Crippen molar-refractivity contribution in [2.24, 2.45) is 11.1 Å². The number of halogens is 1. The average molecular weight is 476 g/mol. The maximum absolute atomic E-state index is 13.4. The smallest absolute Gasteiger partial charge is 0.253 e. The molecule has 0 radical (unpaired) electrons. The van der Waals surface area contributed by atoms with Gasteiger partial charge in [0.1, 0.15) is 5.82 Å². The molecule has 0 aliphatic heterocycles. The fourth-order valence-electron chi connectivity index (χ4n) is 5.81. The van der Waals surface area contributed by atoms with Gasteiger partial charge < -0.3 is 15.9 Å². The van der Waals surface area contributed by atoms with Crippen LogP contribution in [-0.2, 0) is 23.2 Å². The SMILES string of the molecule is CC(O)(C(N)=O)c1ccccc1CC[C@]1(O)CCC2=Cc3c(cnn3-c3ccc(F)cc3)C[C@@]21C. The van der Waals surface area contributed by atoms with Crippen LogP contribution in [0.2, 0.25) is 0 Å². The average Bonchev–Trinajstić information content (AvgIpc) is 3.34. The monoisotopic (exact) mass is 475 g/mol. The Balaban J connectivity index is 1.43. The minimum Gasteiger partial charge on any atom is -0.389 e. The molecule has 7 heteroatoms. The predicted octanol–water partition coefficient (Wildman–Crippen LogP) is 3.81. The first-order chi connectivity index (χ1) is 16.5. The number of carbonyl (C=O) groups excluding carboxylic acids is 1. The molecule has 1 saturated carbocycles. The van der Waals surface area contributed by atoms with Gasteiger partial charge in [-0.2, -0.15) is 5.10 Å². The third-order valence-corrected chi connectivity index (χ3v) is 8.19. The first-order valence-corrected chi connectivity index (χ1v) is 11.9. The van der Waals surface area contributed by atoms with Crippen molar-refractivity contribution < 1.29 is 19.4 Å². The molecule has 0 bridgehead atoms. The quantitative estimate of drug-likeness (QED) is 0.505. The van der Waals surface area contributed by atoms with Crippen molar-refractivity contribution in [3.8, 4) is 5.69 Å². The molecule has 5 rings (SSSR count). The van der Waals surface area contributed by atoms with Crippen molar-refractivity contribution in [2.45, 2.75) is 57.2 Å². The number of carbonyl (C=O) groups is 1. The van der Waals surface area contributed by atoms with Crippen LogP contribution < -0.4 is 5.73 Å². The van der Waals surface area contributed by atoms with Crippen molar-refractivity contribution in [2.75, 3.05) is 0 Å². The van der Waals surface area contributed by atoms with Crippen LogP contribution in [0.1, 0.15) is 55.5 Å². The van der Waals surface area contributed by atoms with Gasteiger partial charge >= 0.3 is 0 Å². The van der Waals surface area contributed by atoms with E-state index in [4.69, 9.17) is 5.73 Å². The highest BCUT2D eigenvalue weighted by Gasteiger charge is 2.54. The summed E-state index contributed by atoms with van der Waals surface area (Å²) in [6.07, 6.45) is 6.97. The van der Waals surface area contributed by atoms with Gasteiger partial charge in [-0.25, -0.2) is 9.07 Å². The summed E-state index contributed by atoms with van der Waals surface area (Å²) >= 11 is 0. The highest BCUT2D eigenvalue weighted by molar-refractivity contribution is 5.84. The second-order valence-electron chi connectivity index (χ2n) is 10.2. The Labute approximate surface area is 203 Å². The van der Waals surface area contributed by atoms with Crippen LogP contribution in [0.4, 0.5) is 4.39 Å². The topological polar surface area (TPSA) is 101 Å². The van der Waals surface area contributed by atoms with Crippen LogP contribution in [0, 0.1) is 11.2 Å². The largest absolute Gasteiger partial charge is 0.389 e. The van der Waals surface area contributed by atoms with Gasteiger partial charge in [0.05, 0.1) is 23.2 Å². The Hall–Kier alpha value is -3.29. The van der Waals surface area contributed by atoms with Crippen LogP contribution >= 0.6 is 0 Å². The van der Waals surface area contributed by atoms with E-state index in [9.17, 15) is 19.4 Å². The van der Waals surface area contributed by atoms with Crippen LogP contribution in [0.15, 0.2) is 60.3 Å². The van der Waals surface area contributed by atoms with Crippen LogP contribution in [0.5, 0.6) is 0 Å². The minimum atomic E-state index is -1.78. The summed E-state index contributed by atoms with van der Waals surface area (Å²) in [5, 5.41) is 27.2. The molecule has 1 heterocycles. The molecule has 3 aromatic rings. The fraction of sp³-hybridized carbons (Fsp3) is 0.357. The number of aliphatic hydroxyl groups is 2. The van der Waals surface area contributed by atoms with Crippen LogP contribution in [0.3, 0.4) is 0 Å². The van der Waals surface area contributed by atoms with E-state index in [1.165, 1.54) is 24.6 Å². The highest BCUT2D eigenvalue weighted by Crippen LogP contribution is 2.57. The normalized spacial score (nSPS) is 24.9. The summed E-state index contributed by atoms with van der Waals surface area (Å²) in [4.78, 5) is 11.9. The molecular weight excluding hydrogens is 445 g/mol. The number of hydrogen-bond donors (Lipinski definition) is 3. The third kappa shape index (κ3) is 3.70. The number of rotatable bonds is 6. The lowest BCUT2D eigenvalue weighted by molar-refractivity contribution is -0.135. The first-order valence-electron chi connectivity index (χ1n) is 11.9. The van der Waals surface area contributed by atoms with E-state index in [0.29, 0.717) is 31.2 Å². The molecule has 1 unspecified atom stereocenters. The van der Waals surface area contributed by atoms with Gasteiger partial charge in [0.25, 0.3) is 5.91 Å². The Morgan fingerprint density at radius 2 is 1.94 bits per heavy atom. The molecule has 6 nitrogen and oxygen atoms in total. The standard InChI is InChI=1S/C28H30FN3O3/c1-26-16-19-17-31-32(22-9-7-21(29)8-10-22)24(19)15-20(26)12-14-28(26,35)13-11-18-5-3-4-6-23(18)27(2,34)25(30)33/h3-10,15,17,34-35H,11-14,16H2,1-2H3,(H2,30,33)/t26-,27?,28-/m0/s1. The molecule has 1 aromatic heterocycles. The number of aryl methyl sites for hydroxylation is 1. The molecule has 2 aliphatic carbocycles. The molecule has 3 atom stereocenters. The minimum absolute atomic E-state index is 0.291. The second kappa shape index (κ2) is 8.14. The summed E-state index contributed by atoms with van der Waals surface area (Å²) in [6.45, 7) is 3.51. The molecule has 1 amide bonds. The molecule has 4 N–H and O–H groups in total. The van der Waals surface area contributed by atoms with E-state index in [1.54, 1.807) is 24.3 Å². The third-order valence-electron chi connectivity index (χ3n) is 8.19. The second-order valence-corrected chi connectivity index (χ2v) is 10.2. The number of amides is 1. The Kier molecular flexibility index (Phi) is 5.45. The van der Waals surface area contributed by atoms with E-state index < -0.39 is 22.5 Å². The Morgan fingerprint density at radius 3 is 2.66 bits per heavy atom. The number of primary amides is 1. The van der Waals surface area contributed by atoms with Gasteiger partial charge in [-0.05, 0) is 86.1 Å². The molecule has 0 spiro atoms. The number of benzene rings is 2. The first kappa shape index (κ1) is 23.5. The number of nitrogens with zero attached hydrogens (tertiary/aromatic N) is 2. The summed E-state index contributed by atoms with van der Waals surface area (Å²) in [7, 11) is 0. The number of hydrogen-bond acceptors (Lipinski definition) is 4. The van der Waals surface area contributed by atoms with Gasteiger partial charge in [0.15, 0.2) is 5.60 Å². The molecule has 2 aliphatic rings. The zero-order chi connectivity index (χ0) is 25.0. The summed E-state index contributed by atoms with van der Waals surface area (Å²) in [6, 6.07) is 13.5. The molecule has 1 fully saturated rings. The summed E-state index contributed by atoms with van der Waals surface area (Å²) in [5.41, 5.74) is 7.50. The van der Waals surface area contributed by atoms with E-state index in [0.717, 1.165) is 28.9 Å². The van der Waals surface area contributed by atoms with Crippen molar-refractivity contribution in [3.05, 3.63) is 88.5 Å². The lowest BCUT2D eigenvalue weighted by atomic mass is 9.65. The predicted molar refractivity (Wildman–Crippen MR) is 131 cm³/mol. The van der Waals surface area contributed by atoms with Crippen LogP contribution in [-0.4, -0.2) is 31.5 Å². The van der Waals surface area contributed by atoms with Gasteiger partial charge in [-0.1, -0.05) is 36.8 Å². The van der Waals surface area contributed by atoms with Gasteiger partial charge in [-0.15, -0.1) is 0 Å². The van der Waals surface area contributed by atoms with E-state index in [2.05, 4.69) is 18.1 Å². The lowest BCUT2D eigenvalue weighted by Gasteiger charge is -2.42. The maximum atomic E-state index is 13.4. The number of aromatic nitrogens is 2. The van der Waals surface area contributed by atoms with Crippen molar-refractivity contribution in [1.82, 2.24) is 9.78 Å². The maximum Gasteiger partial charge on any atom is 0.253 e. The summed E-state index contributed by atoms with van der Waals surface area (Å²) < 4.78 is 15.2. The fourth-order valence-corrected chi connectivity index (χ4v) is 5.81. The van der Waals surface area contributed by atoms with Crippen molar-refractivity contribution in [1.29, 1.82) is 0 Å². The molecule has 2 aromatic carbocycles. The molecule has 35 heavy (non-hydrogen) atoms. The van der Waals surface area contributed by atoms with E-state index in [-0.39, 0.29) is 5.82 Å². The van der Waals surface area contributed by atoms with Crippen molar-refractivity contribution in [3.63, 3.8) is 0 Å². The zero-order valence-corrected chi connectivity index (χ0v) is 20.0. The van der Waals surface area contributed by atoms with Crippen LogP contribution in [0.25, 0.3) is 11.8 Å². The lowest BCUT2D eigenvalue weighted by Crippen LogP contribution is -2.45. The van der Waals surface area contributed by atoms with Gasteiger partial charge in [0, 0.05) is 5.41 Å². The Morgan fingerprint density at radius 1 is 1.23 bits per heavy atom. The van der Waals surface area contributed by atoms with Crippen molar-refractivity contribution >= 4 is 12.0 Å². The molecule has 182 valence electrons. The van der Waals surface area contributed by atoms with Gasteiger partial charge in [0.2, 0.25) is 0 Å². The number of fused-ring (bicyclic) bond motifs is 2. The van der Waals surface area contributed by atoms with E-state index in [1.807, 2.05) is 23.0 Å². The molecular formula is C28H30FN3O3.